The fourth-order valence-corrected chi connectivity index (χ4v) is 3.70. The quantitative estimate of drug-likeness (QED) is 0.596. The molecule has 0 bridgehead atoms. The van der Waals surface area contributed by atoms with Gasteiger partial charge in [-0.3, -0.25) is 4.79 Å². The zero-order valence-electron chi connectivity index (χ0n) is 14.7. The number of halogens is 2. The highest BCUT2D eigenvalue weighted by Crippen LogP contribution is 2.34. The molecule has 1 aromatic heterocycles. The van der Waals surface area contributed by atoms with E-state index in [1.807, 2.05) is 25.1 Å². The Bertz CT molecular complexity index is 1000. The van der Waals surface area contributed by atoms with Gasteiger partial charge >= 0.3 is 0 Å². The Morgan fingerprint density at radius 1 is 1.30 bits per heavy atom. The number of aryl methyl sites for hydroxylation is 1. The van der Waals surface area contributed by atoms with Gasteiger partial charge in [0.1, 0.15) is 11.9 Å². The van der Waals surface area contributed by atoms with Crippen LogP contribution in [0.1, 0.15) is 35.9 Å². The number of amides is 1. The van der Waals surface area contributed by atoms with E-state index in [0.29, 0.717) is 41.1 Å². The number of carbonyl (C=O) groups excluding carboxylic acids is 1. The third-order valence-corrected chi connectivity index (χ3v) is 5.28. The van der Waals surface area contributed by atoms with Gasteiger partial charge in [-0.05, 0) is 53.0 Å². The molecule has 1 aliphatic rings. The van der Waals surface area contributed by atoms with Crippen molar-refractivity contribution in [1.29, 1.82) is 0 Å². The molecule has 1 saturated heterocycles. The molecule has 3 aromatic rings. The number of likely N-dealkylation sites (tertiary alicyclic amines) is 1. The van der Waals surface area contributed by atoms with Gasteiger partial charge in [0.05, 0.1) is 4.47 Å². The third-order valence-electron chi connectivity index (χ3n) is 4.67. The van der Waals surface area contributed by atoms with E-state index >= 15 is 0 Å². The van der Waals surface area contributed by atoms with E-state index in [0.717, 1.165) is 11.1 Å². The van der Waals surface area contributed by atoms with Crippen LogP contribution in [0.4, 0.5) is 4.39 Å². The molecule has 0 saturated carbocycles. The summed E-state index contributed by atoms with van der Waals surface area (Å²) in [6.45, 7) is 2.53. The van der Waals surface area contributed by atoms with Gasteiger partial charge in [0.25, 0.3) is 0 Å². The Kier molecular flexibility index (Phi) is 4.78. The van der Waals surface area contributed by atoms with Gasteiger partial charge in [-0.25, -0.2) is 4.39 Å². The molecule has 1 aliphatic heterocycles. The Morgan fingerprint density at radius 2 is 2.15 bits per heavy atom. The second-order valence-electron chi connectivity index (χ2n) is 6.65. The normalized spacial score (nSPS) is 16.9. The minimum Gasteiger partial charge on any atom is -0.337 e. The van der Waals surface area contributed by atoms with Crippen LogP contribution in [0.2, 0.25) is 0 Å². The van der Waals surface area contributed by atoms with Gasteiger partial charge in [-0.2, -0.15) is 4.98 Å². The summed E-state index contributed by atoms with van der Waals surface area (Å²) in [4.78, 5) is 18.6. The lowest BCUT2D eigenvalue weighted by Gasteiger charge is -2.22. The van der Waals surface area contributed by atoms with E-state index in [4.69, 9.17) is 4.52 Å². The summed E-state index contributed by atoms with van der Waals surface area (Å²) in [6.07, 6.45) is 1.09. The summed E-state index contributed by atoms with van der Waals surface area (Å²) in [5, 5.41) is 4.02. The standard InChI is InChI=1S/C20H17BrFN3O2/c1-12-3-2-4-13(9-12)11-25-17(7-8-18(25)26)20-23-19(24-27-20)14-5-6-16(22)15(21)10-14/h2-6,9-10,17H,7-8,11H2,1H3. The van der Waals surface area contributed by atoms with Crippen molar-refractivity contribution in [2.24, 2.45) is 0 Å². The number of hydrogen-bond donors (Lipinski definition) is 0. The molecule has 138 valence electrons. The highest BCUT2D eigenvalue weighted by atomic mass is 79.9. The molecule has 27 heavy (non-hydrogen) atoms. The largest absolute Gasteiger partial charge is 0.337 e. The molecular formula is C20H17BrFN3O2. The average molecular weight is 430 g/mol. The first-order valence-corrected chi connectivity index (χ1v) is 9.44. The fraction of sp³-hybridized carbons (Fsp3) is 0.250. The summed E-state index contributed by atoms with van der Waals surface area (Å²) in [7, 11) is 0. The van der Waals surface area contributed by atoms with Gasteiger partial charge in [-0.15, -0.1) is 0 Å². The summed E-state index contributed by atoms with van der Waals surface area (Å²) >= 11 is 3.16. The summed E-state index contributed by atoms with van der Waals surface area (Å²) in [6, 6.07) is 12.4. The molecule has 1 fully saturated rings. The number of carbonyl (C=O) groups is 1. The Hall–Kier alpha value is -2.54. The second-order valence-corrected chi connectivity index (χ2v) is 7.50. The van der Waals surface area contributed by atoms with Gasteiger partial charge in [0.15, 0.2) is 0 Å². The maximum absolute atomic E-state index is 13.4. The molecule has 2 aromatic carbocycles. The van der Waals surface area contributed by atoms with Crippen molar-refractivity contribution >= 4 is 21.8 Å². The van der Waals surface area contributed by atoms with Crippen molar-refractivity contribution in [3.63, 3.8) is 0 Å². The van der Waals surface area contributed by atoms with Gasteiger partial charge in [0, 0.05) is 18.5 Å². The number of nitrogens with zero attached hydrogens (tertiary/aromatic N) is 3. The molecule has 2 heterocycles. The topological polar surface area (TPSA) is 59.2 Å². The number of hydrogen-bond acceptors (Lipinski definition) is 4. The zero-order chi connectivity index (χ0) is 19.0. The van der Waals surface area contributed by atoms with Crippen molar-refractivity contribution in [3.8, 4) is 11.4 Å². The number of rotatable bonds is 4. The molecule has 7 heteroatoms. The van der Waals surface area contributed by atoms with E-state index in [9.17, 15) is 9.18 Å². The van der Waals surface area contributed by atoms with Crippen LogP contribution < -0.4 is 0 Å². The van der Waals surface area contributed by atoms with Crippen molar-refractivity contribution in [2.45, 2.75) is 32.4 Å². The van der Waals surface area contributed by atoms with Crippen LogP contribution >= 0.6 is 15.9 Å². The Labute approximate surface area is 164 Å². The molecular weight excluding hydrogens is 413 g/mol. The molecule has 0 N–H and O–H groups in total. The number of benzene rings is 2. The van der Waals surface area contributed by atoms with Crippen molar-refractivity contribution in [2.75, 3.05) is 0 Å². The van der Waals surface area contributed by atoms with Crippen LogP contribution in [0.5, 0.6) is 0 Å². The summed E-state index contributed by atoms with van der Waals surface area (Å²) in [5.74, 6) is 0.503. The van der Waals surface area contributed by atoms with Crippen LogP contribution in [0.15, 0.2) is 51.5 Å². The monoisotopic (exact) mass is 429 g/mol. The molecule has 0 radical (unpaired) electrons. The minimum absolute atomic E-state index is 0.0748. The van der Waals surface area contributed by atoms with Crippen LogP contribution in [0.3, 0.4) is 0 Å². The maximum Gasteiger partial charge on any atom is 0.249 e. The van der Waals surface area contributed by atoms with E-state index < -0.39 is 0 Å². The molecule has 4 rings (SSSR count). The van der Waals surface area contributed by atoms with Gasteiger partial charge < -0.3 is 9.42 Å². The van der Waals surface area contributed by atoms with Crippen molar-refractivity contribution in [3.05, 3.63) is 69.8 Å². The number of aromatic nitrogens is 2. The lowest BCUT2D eigenvalue weighted by molar-refractivity contribution is -0.129. The molecule has 0 spiro atoms. The Balaban J connectivity index is 1.59. The lowest BCUT2D eigenvalue weighted by atomic mass is 10.1. The summed E-state index contributed by atoms with van der Waals surface area (Å²) in [5.41, 5.74) is 2.86. The average Bonchev–Trinajstić information content (AvgIpc) is 3.25. The SMILES string of the molecule is Cc1cccc(CN2C(=O)CCC2c2nc(-c3ccc(F)c(Br)c3)no2)c1. The highest BCUT2D eigenvalue weighted by Gasteiger charge is 2.36. The van der Waals surface area contributed by atoms with Crippen molar-refractivity contribution in [1.82, 2.24) is 15.0 Å². The first-order chi connectivity index (χ1) is 13.0. The lowest BCUT2D eigenvalue weighted by Crippen LogP contribution is -2.27. The molecule has 5 nitrogen and oxygen atoms in total. The zero-order valence-corrected chi connectivity index (χ0v) is 16.2. The van der Waals surface area contributed by atoms with Crippen LogP contribution in [-0.4, -0.2) is 20.9 Å². The van der Waals surface area contributed by atoms with E-state index in [-0.39, 0.29) is 17.8 Å². The molecule has 0 aliphatic carbocycles. The smallest absolute Gasteiger partial charge is 0.249 e. The minimum atomic E-state index is -0.354. The fourth-order valence-electron chi connectivity index (χ4n) is 3.32. The van der Waals surface area contributed by atoms with E-state index in [1.165, 1.54) is 6.07 Å². The van der Waals surface area contributed by atoms with Crippen LogP contribution in [-0.2, 0) is 11.3 Å². The molecule has 1 unspecified atom stereocenters. The van der Waals surface area contributed by atoms with Gasteiger partial charge in [0.2, 0.25) is 17.6 Å². The summed E-state index contributed by atoms with van der Waals surface area (Å²) < 4.78 is 19.2. The Morgan fingerprint density at radius 3 is 2.93 bits per heavy atom. The van der Waals surface area contributed by atoms with Crippen molar-refractivity contribution < 1.29 is 13.7 Å². The first kappa shape index (κ1) is 17.9. The highest BCUT2D eigenvalue weighted by molar-refractivity contribution is 9.10. The van der Waals surface area contributed by atoms with Crippen LogP contribution in [0.25, 0.3) is 11.4 Å². The van der Waals surface area contributed by atoms with E-state index in [2.05, 4.69) is 32.1 Å². The predicted molar refractivity (Wildman–Crippen MR) is 101 cm³/mol. The second kappa shape index (κ2) is 7.23. The maximum atomic E-state index is 13.4. The van der Waals surface area contributed by atoms with E-state index in [1.54, 1.807) is 17.0 Å². The molecule has 1 amide bonds. The predicted octanol–water partition coefficient (Wildman–Crippen LogP) is 4.81. The first-order valence-electron chi connectivity index (χ1n) is 8.65. The van der Waals surface area contributed by atoms with Crippen LogP contribution in [0, 0.1) is 12.7 Å². The third kappa shape index (κ3) is 3.64. The van der Waals surface area contributed by atoms with Gasteiger partial charge in [-0.1, -0.05) is 35.0 Å². The molecule has 1 atom stereocenters.